The van der Waals surface area contributed by atoms with Crippen LogP contribution in [0.4, 0.5) is 0 Å². The summed E-state index contributed by atoms with van der Waals surface area (Å²) in [5, 5.41) is 0. The van der Waals surface area contributed by atoms with Gasteiger partial charge in [-0.15, -0.1) is 0 Å². The Morgan fingerprint density at radius 1 is 1.47 bits per heavy atom. The van der Waals surface area contributed by atoms with Crippen LogP contribution >= 0.6 is 0 Å². The molecule has 0 N–H and O–H groups in total. The Balaban J connectivity index is 3.55. The van der Waals surface area contributed by atoms with E-state index in [9.17, 15) is 4.79 Å². The maximum atomic E-state index is 11.1. The molecule has 0 radical (unpaired) electrons. The van der Waals surface area contributed by atoms with Gasteiger partial charge >= 0.3 is 5.97 Å². The molecule has 0 saturated heterocycles. The van der Waals surface area contributed by atoms with E-state index in [2.05, 4.69) is 9.64 Å². The lowest BCUT2D eigenvalue weighted by Gasteiger charge is -2.19. The molecule has 90 valence electrons. The zero-order valence-corrected chi connectivity index (χ0v) is 10.3. The van der Waals surface area contributed by atoms with Crippen molar-refractivity contribution < 1.29 is 14.3 Å². The molecule has 1 unspecified atom stereocenters. The van der Waals surface area contributed by atoms with Crippen molar-refractivity contribution in [3.05, 3.63) is 0 Å². The van der Waals surface area contributed by atoms with Gasteiger partial charge in [-0.05, 0) is 20.4 Å². The third-order valence-corrected chi connectivity index (χ3v) is 2.22. The van der Waals surface area contributed by atoms with Crippen LogP contribution < -0.4 is 0 Å². The average molecular weight is 217 g/mol. The number of carbonyl (C=O) groups is 1. The van der Waals surface area contributed by atoms with Crippen LogP contribution in [0.2, 0.25) is 0 Å². The van der Waals surface area contributed by atoms with Gasteiger partial charge in [-0.25, -0.2) is 0 Å². The van der Waals surface area contributed by atoms with Crippen LogP contribution in [0.25, 0.3) is 0 Å². The van der Waals surface area contributed by atoms with Gasteiger partial charge in [0.15, 0.2) is 0 Å². The van der Waals surface area contributed by atoms with Gasteiger partial charge in [0.1, 0.15) is 0 Å². The molecule has 4 heteroatoms. The first-order valence-electron chi connectivity index (χ1n) is 5.45. The lowest BCUT2D eigenvalue weighted by molar-refractivity contribution is -0.145. The van der Waals surface area contributed by atoms with Crippen LogP contribution in [-0.2, 0) is 14.3 Å². The Labute approximate surface area is 92.5 Å². The van der Waals surface area contributed by atoms with Gasteiger partial charge < -0.3 is 14.4 Å². The Morgan fingerprint density at radius 3 is 2.67 bits per heavy atom. The lowest BCUT2D eigenvalue weighted by atomic mass is 10.2. The zero-order chi connectivity index (χ0) is 11.7. The fraction of sp³-hybridized carbons (Fsp3) is 0.909. The number of esters is 1. The number of nitrogens with zero attached hydrogens (tertiary/aromatic N) is 1. The number of hydrogen-bond acceptors (Lipinski definition) is 4. The number of rotatable bonds is 8. The molecule has 0 heterocycles. The van der Waals surface area contributed by atoms with Crippen LogP contribution in [0.3, 0.4) is 0 Å². The summed E-state index contributed by atoms with van der Waals surface area (Å²) in [5.41, 5.74) is 0. The SMILES string of the molecule is CCOCCCN(C)CC(C)C(=O)OC. The molecule has 0 aliphatic rings. The number of ether oxygens (including phenoxy) is 2. The summed E-state index contributed by atoms with van der Waals surface area (Å²) in [6, 6.07) is 0. The van der Waals surface area contributed by atoms with Gasteiger partial charge in [-0.3, -0.25) is 4.79 Å². The monoisotopic (exact) mass is 217 g/mol. The van der Waals surface area contributed by atoms with Crippen molar-refractivity contribution in [3.63, 3.8) is 0 Å². The molecule has 0 bridgehead atoms. The van der Waals surface area contributed by atoms with Gasteiger partial charge in [0, 0.05) is 26.3 Å². The van der Waals surface area contributed by atoms with Gasteiger partial charge in [-0.2, -0.15) is 0 Å². The number of methoxy groups -OCH3 is 1. The first kappa shape index (κ1) is 14.4. The summed E-state index contributed by atoms with van der Waals surface area (Å²) in [7, 11) is 3.43. The summed E-state index contributed by atoms with van der Waals surface area (Å²) in [4.78, 5) is 13.3. The first-order valence-corrected chi connectivity index (χ1v) is 5.45. The summed E-state index contributed by atoms with van der Waals surface area (Å²) in [6.07, 6.45) is 0.998. The fourth-order valence-electron chi connectivity index (χ4n) is 1.42. The molecule has 1 atom stereocenters. The molecular formula is C11H23NO3. The molecule has 0 rings (SSSR count). The van der Waals surface area contributed by atoms with E-state index in [1.165, 1.54) is 7.11 Å². The zero-order valence-electron chi connectivity index (χ0n) is 10.3. The van der Waals surface area contributed by atoms with Crippen molar-refractivity contribution >= 4 is 5.97 Å². The topological polar surface area (TPSA) is 38.8 Å². The van der Waals surface area contributed by atoms with Gasteiger partial charge in [0.25, 0.3) is 0 Å². The third-order valence-electron chi connectivity index (χ3n) is 2.22. The minimum atomic E-state index is -0.147. The van der Waals surface area contributed by atoms with E-state index in [4.69, 9.17) is 4.74 Å². The average Bonchev–Trinajstić information content (AvgIpc) is 2.23. The van der Waals surface area contributed by atoms with Crippen molar-refractivity contribution in [1.29, 1.82) is 0 Å². The van der Waals surface area contributed by atoms with Crippen LogP contribution in [0.5, 0.6) is 0 Å². The second-order valence-corrected chi connectivity index (χ2v) is 3.74. The standard InChI is InChI=1S/C11H23NO3/c1-5-15-8-6-7-12(3)9-10(2)11(13)14-4/h10H,5-9H2,1-4H3. The van der Waals surface area contributed by atoms with E-state index in [-0.39, 0.29) is 11.9 Å². The summed E-state index contributed by atoms with van der Waals surface area (Å²) >= 11 is 0. The van der Waals surface area contributed by atoms with Crippen molar-refractivity contribution in [2.24, 2.45) is 5.92 Å². The predicted octanol–water partition coefficient (Wildman–Crippen LogP) is 1.15. The summed E-state index contributed by atoms with van der Waals surface area (Å²) in [6.45, 7) is 7.10. The van der Waals surface area contributed by atoms with Crippen LogP contribution in [0.1, 0.15) is 20.3 Å². The number of carbonyl (C=O) groups excluding carboxylic acids is 1. The molecule has 4 nitrogen and oxygen atoms in total. The van der Waals surface area contributed by atoms with E-state index in [0.717, 1.165) is 32.7 Å². The van der Waals surface area contributed by atoms with Gasteiger partial charge in [-0.1, -0.05) is 6.92 Å². The maximum Gasteiger partial charge on any atom is 0.309 e. The second-order valence-electron chi connectivity index (χ2n) is 3.74. The van der Waals surface area contributed by atoms with Crippen LogP contribution in [0.15, 0.2) is 0 Å². The van der Waals surface area contributed by atoms with Crippen molar-refractivity contribution in [3.8, 4) is 0 Å². The molecule has 0 aromatic heterocycles. The third kappa shape index (κ3) is 7.33. The molecule has 0 saturated carbocycles. The van der Waals surface area contributed by atoms with Crippen LogP contribution in [0, 0.1) is 5.92 Å². The quantitative estimate of drug-likeness (QED) is 0.451. The Bertz CT molecular complexity index is 173. The number of hydrogen-bond donors (Lipinski definition) is 0. The second kappa shape index (κ2) is 8.68. The van der Waals surface area contributed by atoms with E-state index in [1.54, 1.807) is 0 Å². The predicted molar refractivity (Wildman–Crippen MR) is 59.8 cm³/mol. The minimum absolute atomic E-state index is 0.0629. The highest BCUT2D eigenvalue weighted by Gasteiger charge is 2.14. The minimum Gasteiger partial charge on any atom is -0.469 e. The fourth-order valence-corrected chi connectivity index (χ4v) is 1.42. The summed E-state index contributed by atoms with van der Waals surface area (Å²) in [5.74, 6) is -0.209. The Hall–Kier alpha value is -0.610. The van der Waals surface area contributed by atoms with Gasteiger partial charge in [0.2, 0.25) is 0 Å². The van der Waals surface area contributed by atoms with E-state index < -0.39 is 0 Å². The van der Waals surface area contributed by atoms with E-state index >= 15 is 0 Å². The molecule has 15 heavy (non-hydrogen) atoms. The molecule has 0 aliphatic heterocycles. The Kier molecular flexibility index (Phi) is 8.33. The normalized spacial score (nSPS) is 12.9. The lowest BCUT2D eigenvalue weighted by Crippen LogP contribution is -2.30. The molecule has 0 aromatic carbocycles. The highest BCUT2D eigenvalue weighted by molar-refractivity contribution is 5.71. The largest absolute Gasteiger partial charge is 0.469 e. The van der Waals surface area contributed by atoms with E-state index in [0.29, 0.717) is 0 Å². The van der Waals surface area contributed by atoms with Crippen molar-refractivity contribution in [1.82, 2.24) is 4.90 Å². The molecule has 0 fully saturated rings. The first-order chi connectivity index (χ1) is 7.11. The molecular weight excluding hydrogens is 194 g/mol. The molecule has 0 aliphatic carbocycles. The van der Waals surface area contributed by atoms with E-state index in [1.807, 2.05) is 20.9 Å². The molecule has 0 spiro atoms. The summed E-state index contributed by atoms with van der Waals surface area (Å²) < 4.78 is 9.90. The van der Waals surface area contributed by atoms with Crippen molar-refractivity contribution in [2.45, 2.75) is 20.3 Å². The van der Waals surface area contributed by atoms with Crippen LogP contribution in [-0.4, -0.2) is 51.3 Å². The van der Waals surface area contributed by atoms with Crippen molar-refractivity contribution in [2.75, 3.05) is 40.5 Å². The maximum absolute atomic E-state index is 11.1. The molecule has 0 amide bonds. The molecule has 0 aromatic rings. The highest BCUT2D eigenvalue weighted by Crippen LogP contribution is 2.01. The highest BCUT2D eigenvalue weighted by atomic mass is 16.5. The Morgan fingerprint density at radius 2 is 2.13 bits per heavy atom. The van der Waals surface area contributed by atoms with Gasteiger partial charge in [0.05, 0.1) is 13.0 Å². The smallest absolute Gasteiger partial charge is 0.309 e.